The Kier molecular flexibility index (Phi) is 9.07. The number of carbonyl (C=O) groups excluding carboxylic acids is 2. The highest BCUT2D eigenvalue weighted by Gasteiger charge is 2.24. The van der Waals surface area contributed by atoms with E-state index in [1.54, 1.807) is 4.90 Å². The van der Waals surface area contributed by atoms with Gasteiger partial charge in [-0.1, -0.05) is 51.2 Å². The van der Waals surface area contributed by atoms with E-state index in [4.69, 9.17) is 0 Å². The van der Waals surface area contributed by atoms with E-state index in [9.17, 15) is 9.59 Å². The maximum absolute atomic E-state index is 13.3. The number of rotatable bonds is 10. The lowest BCUT2D eigenvalue weighted by Crippen LogP contribution is -2.41. The highest BCUT2D eigenvalue weighted by atomic mass is 32.1. The normalized spacial score (nSPS) is 14.4. The second-order valence-electron chi connectivity index (χ2n) is 8.69. The quantitative estimate of drug-likeness (QED) is 0.471. The van der Waals surface area contributed by atoms with E-state index in [1.807, 2.05) is 24.4 Å². The van der Waals surface area contributed by atoms with Crippen LogP contribution in [-0.2, 0) is 11.2 Å². The van der Waals surface area contributed by atoms with Crippen molar-refractivity contribution in [3.05, 3.63) is 46.5 Å². The molecule has 0 unspecified atom stereocenters. The van der Waals surface area contributed by atoms with Crippen molar-refractivity contribution in [2.24, 2.45) is 5.92 Å². The Labute approximate surface area is 190 Å². The van der Waals surface area contributed by atoms with Crippen LogP contribution in [0.1, 0.15) is 79.9 Å². The molecule has 0 atom stereocenters. The first-order valence-corrected chi connectivity index (χ1v) is 12.5. The zero-order chi connectivity index (χ0) is 22.1. The van der Waals surface area contributed by atoms with Gasteiger partial charge in [-0.2, -0.15) is 0 Å². The van der Waals surface area contributed by atoms with Crippen molar-refractivity contribution in [3.63, 3.8) is 0 Å². The van der Waals surface area contributed by atoms with Crippen LogP contribution in [0.25, 0.3) is 0 Å². The summed E-state index contributed by atoms with van der Waals surface area (Å²) in [4.78, 5) is 32.0. The number of aromatic nitrogens is 1. The van der Waals surface area contributed by atoms with E-state index in [1.165, 1.54) is 55.4 Å². The Morgan fingerprint density at radius 2 is 1.87 bits per heavy atom. The summed E-state index contributed by atoms with van der Waals surface area (Å²) in [6, 6.07) is 7.94. The van der Waals surface area contributed by atoms with Crippen molar-refractivity contribution in [1.29, 1.82) is 0 Å². The molecule has 0 radical (unpaired) electrons. The van der Waals surface area contributed by atoms with Gasteiger partial charge in [0.05, 0.1) is 5.69 Å². The van der Waals surface area contributed by atoms with E-state index < -0.39 is 0 Å². The molecule has 1 saturated carbocycles. The van der Waals surface area contributed by atoms with Crippen molar-refractivity contribution < 1.29 is 9.59 Å². The minimum absolute atomic E-state index is 0.0591. The van der Waals surface area contributed by atoms with Crippen LogP contribution in [0.4, 0.5) is 5.13 Å². The van der Waals surface area contributed by atoms with Crippen LogP contribution in [0.5, 0.6) is 0 Å². The number of hydrogen-bond donors (Lipinski definition) is 1. The lowest BCUT2D eigenvalue weighted by molar-refractivity contribution is -0.117. The molecule has 31 heavy (non-hydrogen) atoms. The molecule has 0 saturated heterocycles. The maximum Gasteiger partial charge on any atom is 0.254 e. The van der Waals surface area contributed by atoms with Gasteiger partial charge in [-0.25, -0.2) is 4.98 Å². The SMILES string of the molecule is CCCCCc1ccc(C(=O)N(CC(=O)Nc2nc(C)cs2)CC2CCCCC2)cc1. The molecule has 3 rings (SSSR count). The first-order chi connectivity index (χ1) is 15.0. The van der Waals surface area contributed by atoms with Gasteiger partial charge in [0.1, 0.15) is 6.54 Å². The van der Waals surface area contributed by atoms with Crippen LogP contribution in [0.2, 0.25) is 0 Å². The van der Waals surface area contributed by atoms with Gasteiger partial charge in [-0.15, -0.1) is 11.3 Å². The predicted molar refractivity (Wildman–Crippen MR) is 128 cm³/mol. The summed E-state index contributed by atoms with van der Waals surface area (Å²) < 4.78 is 0. The molecule has 6 heteroatoms. The van der Waals surface area contributed by atoms with Gasteiger partial charge in [0, 0.05) is 17.5 Å². The van der Waals surface area contributed by atoms with Crippen molar-refractivity contribution in [2.75, 3.05) is 18.4 Å². The number of nitrogens with zero attached hydrogens (tertiary/aromatic N) is 2. The van der Waals surface area contributed by atoms with Crippen LogP contribution < -0.4 is 5.32 Å². The molecule has 1 heterocycles. The smallest absolute Gasteiger partial charge is 0.254 e. The molecule has 1 aliphatic carbocycles. The summed E-state index contributed by atoms with van der Waals surface area (Å²) in [5.41, 5.74) is 2.81. The topological polar surface area (TPSA) is 62.3 Å². The lowest BCUT2D eigenvalue weighted by atomic mass is 9.89. The number of hydrogen-bond acceptors (Lipinski definition) is 4. The van der Waals surface area contributed by atoms with Crippen LogP contribution in [0, 0.1) is 12.8 Å². The maximum atomic E-state index is 13.3. The fourth-order valence-corrected chi connectivity index (χ4v) is 4.92. The lowest BCUT2D eigenvalue weighted by Gasteiger charge is -2.29. The average molecular weight is 442 g/mol. The molecule has 0 spiro atoms. The Morgan fingerprint density at radius 3 is 2.52 bits per heavy atom. The van der Waals surface area contributed by atoms with Gasteiger partial charge in [0.15, 0.2) is 5.13 Å². The third-order valence-electron chi connectivity index (χ3n) is 5.96. The summed E-state index contributed by atoms with van der Waals surface area (Å²) in [5, 5.41) is 5.34. The van der Waals surface area contributed by atoms with Gasteiger partial charge in [0.25, 0.3) is 5.91 Å². The highest BCUT2D eigenvalue weighted by molar-refractivity contribution is 7.13. The third kappa shape index (κ3) is 7.46. The van der Waals surface area contributed by atoms with Crippen molar-refractivity contribution in [3.8, 4) is 0 Å². The Bertz CT molecular complexity index is 841. The zero-order valence-electron chi connectivity index (χ0n) is 18.9. The van der Waals surface area contributed by atoms with Crippen molar-refractivity contribution >= 4 is 28.3 Å². The molecule has 168 valence electrons. The van der Waals surface area contributed by atoms with Gasteiger partial charge >= 0.3 is 0 Å². The Morgan fingerprint density at radius 1 is 1.13 bits per heavy atom. The van der Waals surface area contributed by atoms with Gasteiger partial charge in [0.2, 0.25) is 5.91 Å². The molecule has 1 aromatic carbocycles. The summed E-state index contributed by atoms with van der Waals surface area (Å²) in [5.74, 6) is 0.228. The molecule has 1 fully saturated rings. The Balaban J connectivity index is 1.66. The number of amides is 2. The first kappa shape index (κ1) is 23.5. The summed E-state index contributed by atoms with van der Waals surface area (Å²) in [6.45, 7) is 4.80. The molecule has 1 N–H and O–H groups in total. The number of aryl methyl sites for hydroxylation is 2. The predicted octanol–water partition coefficient (Wildman–Crippen LogP) is 5.85. The number of unbranched alkanes of at least 4 members (excludes halogenated alkanes) is 2. The van der Waals surface area contributed by atoms with Crippen LogP contribution in [0.15, 0.2) is 29.6 Å². The molecule has 0 aliphatic heterocycles. The van der Waals surface area contributed by atoms with Crippen molar-refractivity contribution in [2.45, 2.75) is 71.6 Å². The van der Waals surface area contributed by atoms with Gasteiger partial charge in [-0.3, -0.25) is 9.59 Å². The van der Waals surface area contributed by atoms with E-state index in [0.29, 0.717) is 23.2 Å². The minimum atomic E-state index is -0.185. The number of carbonyl (C=O) groups is 2. The number of thiazole rings is 1. The number of benzene rings is 1. The van der Waals surface area contributed by atoms with Gasteiger partial charge < -0.3 is 10.2 Å². The second-order valence-corrected chi connectivity index (χ2v) is 9.54. The monoisotopic (exact) mass is 441 g/mol. The fraction of sp³-hybridized carbons (Fsp3) is 0.560. The number of nitrogens with one attached hydrogen (secondary N) is 1. The zero-order valence-corrected chi connectivity index (χ0v) is 19.7. The van der Waals surface area contributed by atoms with E-state index >= 15 is 0 Å². The molecular weight excluding hydrogens is 406 g/mol. The molecule has 0 bridgehead atoms. The second kappa shape index (κ2) is 12.0. The largest absolute Gasteiger partial charge is 0.329 e. The summed E-state index contributed by atoms with van der Waals surface area (Å²) >= 11 is 1.41. The molecule has 2 aromatic rings. The van der Waals surface area contributed by atoms with Gasteiger partial charge in [-0.05, 0) is 56.2 Å². The van der Waals surface area contributed by atoms with Crippen LogP contribution in [0.3, 0.4) is 0 Å². The fourth-order valence-electron chi connectivity index (χ4n) is 4.22. The molecule has 1 aromatic heterocycles. The first-order valence-electron chi connectivity index (χ1n) is 11.7. The minimum Gasteiger partial charge on any atom is -0.329 e. The van der Waals surface area contributed by atoms with Crippen molar-refractivity contribution in [1.82, 2.24) is 9.88 Å². The summed E-state index contributed by atoms with van der Waals surface area (Å²) in [7, 11) is 0. The summed E-state index contributed by atoms with van der Waals surface area (Å²) in [6.07, 6.45) is 10.6. The Hall–Kier alpha value is -2.21. The van der Waals surface area contributed by atoms with E-state index in [0.717, 1.165) is 25.0 Å². The van der Waals surface area contributed by atoms with Crippen LogP contribution >= 0.6 is 11.3 Å². The molecular formula is C25H35N3O2S. The van der Waals surface area contributed by atoms with E-state index in [2.05, 4.69) is 29.4 Å². The third-order valence-corrected chi connectivity index (χ3v) is 6.84. The number of anilines is 1. The molecule has 1 aliphatic rings. The van der Waals surface area contributed by atoms with Crippen LogP contribution in [-0.4, -0.2) is 34.8 Å². The van der Waals surface area contributed by atoms with E-state index in [-0.39, 0.29) is 18.4 Å². The highest BCUT2D eigenvalue weighted by Crippen LogP contribution is 2.25. The molecule has 2 amide bonds. The standard InChI is InChI=1S/C25H35N3O2S/c1-3-4-6-9-20-12-14-22(15-13-20)24(30)28(16-21-10-7-5-8-11-21)17-23(29)27-25-26-19(2)18-31-25/h12-15,18,21H,3-11,16-17H2,1-2H3,(H,26,27,29). The molecule has 5 nitrogen and oxygen atoms in total. The average Bonchev–Trinajstić information content (AvgIpc) is 3.18.